The number of halogens is 3. The Bertz CT molecular complexity index is 611. The molecule has 0 bridgehead atoms. The van der Waals surface area contributed by atoms with E-state index in [1.165, 1.54) is 32.9 Å². The fraction of sp³-hybridized carbons (Fsp3) is 0.529. The van der Waals surface area contributed by atoms with Gasteiger partial charge in [-0.25, -0.2) is 0 Å². The minimum Gasteiger partial charge on any atom is -0.453 e. The molecule has 2 rings (SSSR count). The number of esters is 1. The molecule has 0 unspecified atom stereocenters. The van der Waals surface area contributed by atoms with E-state index < -0.39 is 28.7 Å². The first-order chi connectivity index (χ1) is 10.5. The molecule has 1 aromatic rings. The average molecular weight is 328 g/mol. The fourth-order valence-corrected chi connectivity index (χ4v) is 2.36. The van der Waals surface area contributed by atoms with Crippen molar-refractivity contribution < 1.29 is 27.5 Å². The first kappa shape index (κ1) is 17.5. The van der Waals surface area contributed by atoms with Gasteiger partial charge in [0.05, 0.1) is 5.56 Å². The monoisotopic (exact) mass is 328 g/mol. The summed E-state index contributed by atoms with van der Waals surface area (Å²) in [6, 6.07) is 4.66. The number of hydrogen-bond acceptors (Lipinski definition) is 3. The van der Waals surface area contributed by atoms with Crippen LogP contribution in [0.25, 0.3) is 0 Å². The summed E-state index contributed by atoms with van der Waals surface area (Å²) < 4.78 is 43.5. The summed E-state index contributed by atoms with van der Waals surface area (Å²) in [5.74, 6) is -0.964. The van der Waals surface area contributed by atoms with Crippen LogP contribution in [0.5, 0.6) is 0 Å². The van der Waals surface area contributed by atoms with Crippen molar-refractivity contribution in [2.45, 2.75) is 51.8 Å². The van der Waals surface area contributed by atoms with Crippen LogP contribution in [0, 0.1) is 5.41 Å². The van der Waals surface area contributed by atoms with Gasteiger partial charge in [0, 0.05) is 0 Å². The first-order valence-electron chi connectivity index (χ1n) is 7.41. The van der Waals surface area contributed by atoms with Gasteiger partial charge in [0.25, 0.3) is 0 Å². The highest BCUT2D eigenvalue weighted by molar-refractivity contribution is 6.01. The molecule has 1 aromatic carbocycles. The quantitative estimate of drug-likeness (QED) is 0.613. The maximum atomic E-state index is 12.6. The van der Waals surface area contributed by atoms with Gasteiger partial charge in [0.15, 0.2) is 0 Å². The minimum absolute atomic E-state index is 0.315. The maximum Gasteiger partial charge on any atom is 0.416 e. The van der Waals surface area contributed by atoms with Crippen LogP contribution in [0.2, 0.25) is 0 Å². The van der Waals surface area contributed by atoms with Crippen LogP contribution >= 0.6 is 0 Å². The predicted molar refractivity (Wildman–Crippen MR) is 77.5 cm³/mol. The molecule has 6 heteroatoms. The number of carbonyl (C=O) groups excluding carboxylic acids is 2. The Hall–Kier alpha value is -1.85. The van der Waals surface area contributed by atoms with Gasteiger partial charge in [0.1, 0.15) is 16.8 Å². The molecular weight excluding hydrogens is 309 g/mol. The lowest BCUT2D eigenvalue weighted by Gasteiger charge is -2.43. The Balaban J connectivity index is 2.25. The van der Waals surface area contributed by atoms with Crippen molar-refractivity contribution in [3.8, 4) is 0 Å². The van der Waals surface area contributed by atoms with Gasteiger partial charge in [-0.15, -0.1) is 0 Å². The number of rotatable bonds is 4. The molecule has 0 saturated heterocycles. The van der Waals surface area contributed by atoms with E-state index in [0.717, 1.165) is 18.6 Å². The van der Waals surface area contributed by atoms with Gasteiger partial charge in [-0.3, -0.25) is 9.59 Å². The second-order valence-electron chi connectivity index (χ2n) is 6.49. The van der Waals surface area contributed by atoms with E-state index in [2.05, 4.69) is 0 Å². The molecular formula is C17H19F3O3. The molecule has 3 nitrogen and oxygen atoms in total. The zero-order chi connectivity index (χ0) is 17.5. The van der Waals surface area contributed by atoms with E-state index >= 15 is 0 Å². The summed E-state index contributed by atoms with van der Waals surface area (Å²) in [6.45, 7) is 4.28. The summed E-state index contributed by atoms with van der Waals surface area (Å²) in [6.07, 6.45) is -2.51. The van der Waals surface area contributed by atoms with E-state index in [1.807, 2.05) is 0 Å². The first-order valence-corrected chi connectivity index (χ1v) is 7.41. The normalized spacial score (nSPS) is 17.3. The van der Waals surface area contributed by atoms with Gasteiger partial charge < -0.3 is 4.74 Å². The molecule has 1 saturated carbocycles. The summed E-state index contributed by atoms with van der Waals surface area (Å²) in [7, 11) is 0. The Labute approximate surface area is 132 Å². The maximum absolute atomic E-state index is 12.6. The standard InChI is InChI=1S/C17H19F3O3/c1-11(21)15(2,3)14(22)23-16(9-4-10-16)12-5-7-13(8-6-12)17(18,19)20/h5-8H,4,9-10H2,1-3H3. The van der Waals surface area contributed by atoms with Crippen LogP contribution in [0.3, 0.4) is 0 Å². The highest BCUT2D eigenvalue weighted by Gasteiger charge is 2.46. The fourth-order valence-electron chi connectivity index (χ4n) is 2.36. The zero-order valence-electron chi connectivity index (χ0n) is 13.3. The Morgan fingerprint density at radius 3 is 1.96 bits per heavy atom. The highest BCUT2D eigenvalue weighted by atomic mass is 19.4. The molecule has 0 spiro atoms. The van der Waals surface area contributed by atoms with Crippen molar-refractivity contribution in [1.82, 2.24) is 0 Å². The molecule has 23 heavy (non-hydrogen) atoms. The van der Waals surface area contributed by atoms with Crippen molar-refractivity contribution in [3.63, 3.8) is 0 Å². The van der Waals surface area contributed by atoms with Crippen LogP contribution < -0.4 is 0 Å². The van der Waals surface area contributed by atoms with E-state index in [1.54, 1.807) is 0 Å². The van der Waals surface area contributed by atoms with Gasteiger partial charge in [0.2, 0.25) is 0 Å². The van der Waals surface area contributed by atoms with Crippen molar-refractivity contribution >= 4 is 11.8 Å². The lowest BCUT2D eigenvalue weighted by atomic mass is 9.74. The number of hydrogen-bond donors (Lipinski definition) is 0. The van der Waals surface area contributed by atoms with Crippen LogP contribution in [-0.2, 0) is 26.1 Å². The average Bonchev–Trinajstić information content (AvgIpc) is 2.41. The Morgan fingerprint density at radius 1 is 1.09 bits per heavy atom. The SMILES string of the molecule is CC(=O)C(C)(C)C(=O)OC1(c2ccc(C(F)(F)F)cc2)CCC1. The summed E-state index contributed by atoms with van der Waals surface area (Å²) in [4.78, 5) is 23.9. The number of ether oxygens (including phenoxy) is 1. The molecule has 126 valence electrons. The van der Waals surface area contributed by atoms with Crippen LogP contribution in [0.15, 0.2) is 24.3 Å². The Morgan fingerprint density at radius 2 is 1.61 bits per heavy atom. The van der Waals surface area contributed by atoms with Gasteiger partial charge in [-0.2, -0.15) is 13.2 Å². The molecule has 0 aliphatic heterocycles. The van der Waals surface area contributed by atoms with E-state index in [4.69, 9.17) is 4.74 Å². The van der Waals surface area contributed by atoms with E-state index in [-0.39, 0.29) is 5.78 Å². The Kier molecular flexibility index (Phi) is 4.30. The van der Waals surface area contributed by atoms with Crippen molar-refractivity contribution in [3.05, 3.63) is 35.4 Å². The second kappa shape index (κ2) is 5.65. The smallest absolute Gasteiger partial charge is 0.416 e. The van der Waals surface area contributed by atoms with Crippen molar-refractivity contribution in [2.24, 2.45) is 5.41 Å². The molecule has 1 fully saturated rings. The third-order valence-electron chi connectivity index (χ3n) is 4.58. The molecule has 0 radical (unpaired) electrons. The predicted octanol–water partition coefficient (Wildman–Crippen LogP) is 4.24. The molecule has 1 aliphatic rings. The molecule has 1 aliphatic carbocycles. The second-order valence-corrected chi connectivity index (χ2v) is 6.49. The van der Waals surface area contributed by atoms with Gasteiger partial charge in [-0.1, -0.05) is 12.1 Å². The minimum atomic E-state index is -4.40. The third-order valence-corrected chi connectivity index (χ3v) is 4.58. The summed E-state index contributed by atoms with van der Waals surface area (Å²) in [5.41, 5.74) is -2.40. The van der Waals surface area contributed by atoms with Crippen molar-refractivity contribution in [2.75, 3.05) is 0 Å². The van der Waals surface area contributed by atoms with Crippen LogP contribution in [0.1, 0.15) is 51.2 Å². The van der Waals surface area contributed by atoms with Crippen LogP contribution in [0.4, 0.5) is 13.2 Å². The molecule has 0 atom stereocenters. The molecule has 0 aromatic heterocycles. The number of carbonyl (C=O) groups is 2. The highest BCUT2D eigenvalue weighted by Crippen LogP contribution is 2.46. The van der Waals surface area contributed by atoms with Gasteiger partial charge >= 0.3 is 12.1 Å². The topological polar surface area (TPSA) is 43.4 Å². The molecule has 0 amide bonds. The third kappa shape index (κ3) is 3.26. The number of benzene rings is 1. The van der Waals surface area contributed by atoms with Crippen molar-refractivity contribution in [1.29, 1.82) is 0 Å². The number of alkyl halides is 3. The lowest BCUT2D eigenvalue weighted by molar-refractivity contribution is -0.183. The molecule has 0 heterocycles. The number of ketones is 1. The largest absolute Gasteiger partial charge is 0.453 e. The van der Waals surface area contributed by atoms with Crippen LogP contribution in [-0.4, -0.2) is 11.8 Å². The summed E-state index contributed by atoms with van der Waals surface area (Å²) >= 11 is 0. The van der Waals surface area contributed by atoms with E-state index in [0.29, 0.717) is 18.4 Å². The summed E-state index contributed by atoms with van der Waals surface area (Å²) in [5, 5.41) is 0. The molecule has 0 N–H and O–H groups in total. The zero-order valence-corrected chi connectivity index (χ0v) is 13.3. The number of Topliss-reactive ketones (excluding diaryl/α,β-unsaturated/α-hetero) is 1. The van der Waals surface area contributed by atoms with Gasteiger partial charge in [-0.05, 0) is 57.7 Å². The lowest BCUT2D eigenvalue weighted by Crippen LogP contribution is -2.44. The van der Waals surface area contributed by atoms with E-state index in [9.17, 15) is 22.8 Å².